The number of nitrogens with zero attached hydrogens (tertiary/aromatic N) is 3. The van der Waals surface area contributed by atoms with E-state index in [4.69, 9.17) is 30.9 Å². The fraction of sp³-hybridized carbons (Fsp3) is 0.282. The number of hydrogen-bond acceptors (Lipinski definition) is 5. The lowest BCUT2D eigenvalue weighted by molar-refractivity contribution is 0.0258. The van der Waals surface area contributed by atoms with Crippen LogP contribution in [0.3, 0.4) is 0 Å². The first-order valence-electron chi connectivity index (χ1n) is 16.0. The Morgan fingerprint density at radius 1 is 0.766 bits per heavy atom. The van der Waals surface area contributed by atoms with Crippen molar-refractivity contribution >= 4 is 17.7 Å². The van der Waals surface area contributed by atoms with Crippen LogP contribution in [0.15, 0.2) is 103 Å². The Morgan fingerprint density at radius 3 is 2.02 bits per heavy atom. The molecule has 0 saturated heterocycles. The Kier molecular flexibility index (Phi) is 9.83. The Hall–Kier alpha value is -4.75. The molecule has 0 fully saturated rings. The average molecular weight is 650 g/mol. The zero-order valence-electron chi connectivity index (χ0n) is 27.1. The van der Waals surface area contributed by atoms with Gasteiger partial charge in [-0.25, -0.2) is 4.79 Å². The number of halogens is 1. The van der Waals surface area contributed by atoms with E-state index in [2.05, 4.69) is 10.7 Å². The zero-order chi connectivity index (χ0) is 32.8. The van der Waals surface area contributed by atoms with E-state index < -0.39 is 5.60 Å². The molecule has 1 aliphatic heterocycles. The summed E-state index contributed by atoms with van der Waals surface area (Å²) in [6, 6.07) is 34.2. The van der Waals surface area contributed by atoms with Gasteiger partial charge in [-0.15, -0.1) is 0 Å². The van der Waals surface area contributed by atoms with Crippen molar-refractivity contribution in [2.75, 3.05) is 13.1 Å². The maximum Gasteiger partial charge on any atom is 0.410 e. The molecule has 7 nitrogen and oxygen atoms in total. The van der Waals surface area contributed by atoms with E-state index in [-0.39, 0.29) is 6.09 Å². The van der Waals surface area contributed by atoms with Gasteiger partial charge in [0, 0.05) is 35.7 Å². The molecular formula is C39H40ClN3O4. The summed E-state index contributed by atoms with van der Waals surface area (Å²) < 4.78 is 20.4. The summed E-state index contributed by atoms with van der Waals surface area (Å²) in [6.07, 6.45) is 1.02. The summed E-state index contributed by atoms with van der Waals surface area (Å²) in [4.78, 5) is 14.7. The van der Waals surface area contributed by atoms with Crippen molar-refractivity contribution in [1.82, 2.24) is 14.7 Å². The van der Waals surface area contributed by atoms with Gasteiger partial charge in [0.2, 0.25) is 0 Å². The average Bonchev–Trinajstić information content (AvgIpc) is 3.26. The number of carbonyl (C=O) groups excluding carboxylic acids is 1. The van der Waals surface area contributed by atoms with Gasteiger partial charge in [-0.1, -0.05) is 90.5 Å². The van der Waals surface area contributed by atoms with Crippen molar-refractivity contribution in [3.8, 4) is 22.8 Å². The molecule has 0 radical (unpaired) electrons. The van der Waals surface area contributed by atoms with E-state index in [9.17, 15) is 4.79 Å². The predicted molar refractivity (Wildman–Crippen MR) is 185 cm³/mol. The second-order valence-corrected chi connectivity index (χ2v) is 13.2. The normalized spacial score (nSPS) is 13.1. The minimum absolute atomic E-state index is 0.291. The zero-order valence-corrected chi connectivity index (χ0v) is 27.9. The van der Waals surface area contributed by atoms with Gasteiger partial charge in [-0.2, -0.15) is 5.10 Å². The van der Waals surface area contributed by atoms with E-state index in [1.165, 1.54) is 0 Å². The van der Waals surface area contributed by atoms with Crippen LogP contribution in [0, 0.1) is 0 Å². The Bertz CT molecular complexity index is 1800. The molecule has 0 atom stereocenters. The molecule has 2 heterocycles. The largest absolute Gasteiger partial charge is 0.485 e. The molecule has 1 amide bonds. The molecule has 0 aliphatic carbocycles. The van der Waals surface area contributed by atoms with Gasteiger partial charge in [0.05, 0.1) is 17.9 Å². The number of ether oxygens (including phenoxy) is 3. The summed E-state index contributed by atoms with van der Waals surface area (Å²) in [7, 11) is 0. The van der Waals surface area contributed by atoms with Gasteiger partial charge in [-0.3, -0.25) is 4.68 Å². The van der Waals surface area contributed by atoms with Crippen LogP contribution in [0.1, 0.15) is 48.7 Å². The third-order valence-corrected chi connectivity index (χ3v) is 8.22. The number of amides is 1. The van der Waals surface area contributed by atoms with Crippen LogP contribution in [0.5, 0.6) is 11.5 Å². The van der Waals surface area contributed by atoms with Gasteiger partial charge in [0.15, 0.2) is 11.5 Å². The summed E-state index contributed by atoms with van der Waals surface area (Å²) in [5, 5.41) is 5.80. The molecule has 0 saturated carbocycles. The highest BCUT2D eigenvalue weighted by Crippen LogP contribution is 2.34. The molecule has 0 N–H and O–H groups in total. The highest BCUT2D eigenvalue weighted by Gasteiger charge is 2.28. The molecule has 6 rings (SSSR count). The third kappa shape index (κ3) is 8.35. The Morgan fingerprint density at radius 2 is 1.38 bits per heavy atom. The molecule has 0 unspecified atom stereocenters. The Labute approximate surface area is 281 Å². The van der Waals surface area contributed by atoms with Crippen molar-refractivity contribution in [3.05, 3.63) is 136 Å². The van der Waals surface area contributed by atoms with Crippen LogP contribution >= 0.6 is 11.6 Å². The number of hydrogen-bond donors (Lipinski definition) is 0. The standard InChI is InChI=1S/C39H40ClN3O4/c1-39(2,3)47-38(44)42-22-20-33-34(21-23-42)41-43(37(33)31-15-17-32(40)18-16-31)25-30-14-19-35(45-26-28-10-6-4-7-11-28)36(24-30)46-27-29-12-8-5-9-13-29/h4-19,24H,20-23,25-27H2,1-3H3. The number of fused-ring (bicyclic) bond motifs is 1. The van der Waals surface area contributed by atoms with Crippen molar-refractivity contribution in [2.45, 2.75) is 59.0 Å². The van der Waals surface area contributed by atoms with E-state index in [1.54, 1.807) is 4.90 Å². The quantitative estimate of drug-likeness (QED) is 0.160. The van der Waals surface area contributed by atoms with E-state index >= 15 is 0 Å². The predicted octanol–water partition coefficient (Wildman–Crippen LogP) is 8.75. The van der Waals surface area contributed by atoms with Gasteiger partial charge >= 0.3 is 6.09 Å². The molecule has 0 spiro atoms. The fourth-order valence-electron chi connectivity index (χ4n) is 5.69. The number of benzene rings is 4. The molecule has 0 bridgehead atoms. The third-order valence-electron chi connectivity index (χ3n) is 7.97. The summed E-state index contributed by atoms with van der Waals surface area (Å²) in [6.45, 7) is 8.16. The Balaban J connectivity index is 1.29. The molecule has 1 aliphatic rings. The molecule has 4 aromatic carbocycles. The molecule has 242 valence electrons. The van der Waals surface area contributed by atoms with Gasteiger partial charge in [0.1, 0.15) is 18.8 Å². The van der Waals surface area contributed by atoms with Crippen LogP contribution in [-0.4, -0.2) is 39.5 Å². The number of carbonyl (C=O) groups is 1. The van der Waals surface area contributed by atoms with Crippen LogP contribution in [-0.2, 0) is 37.3 Å². The second kappa shape index (κ2) is 14.3. The number of aromatic nitrogens is 2. The SMILES string of the molecule is CC(C)(C)OC(=O)N1CCc2nn(Cc3ccc(OCc4ccccc4)c(OCc4ccccc4)c3)c(-c3ccc(Cl)cc3)c2CC1. The van der Waals surface area contributed by atoms with E-state index in [0.29, 0.717) is 62.2 Å². The first-order valence-corrected chi connectivity index (χ1v) is 16.4. The molecule has 1 aromatic heterocycles. The van der Waals surface area contributed by atoms with E-state index in [1.807, 2.05) is 118 Å². The van der Waals surface area contributed by atoms with Crippen molar-refractivity contribution in [3.63, 3.8) is 0 Å². The van der Waals surface area contributed by atoms with Crippen LogP contribution < -0.4 is 9.47 Å². The van der Waals surface area contributed by atoms with Crippen LogP contribution in [0.25, 0.3) is 11.3 Å². The maximum atomic E-state index is 12.9. The summed E-state index contributed by atoms with van der Waals surface area (Å²) in [5.74, 6) is 1.36. The van der Waals surface area contributed by atoms with Crippen molar-refractivity contribution in [1.29, 1.82) is 0 Å². The summed E-state index contributed by atoms with van der Waals surface area (Å²) in [5.41, 5.74) is 6.83. The topological polar surface area (TPSA) is 65.8 Å². The van der Waals surface area contributed by atoms with E-state index in [0.717, 1.165) is 39.2 Å². The lowest BCUT2D eigenvalue weighted by atomic mass is 10.0. The second-order valence-electron chi connectivity index (χ2n) is 12.7. The highest BCUT2D eigenvalue weighted by atomic mass is 35.5. The van der Waals surface area contributed by atoms with Crippen LogP contribution in [0.4, 0.5) is 4.79 Å². The van der Waals surface area contributed by atoms with Crippen molar-refractivity contribution < 1.29 is 19.0 Å². The van der Waals surface area contributed by atoms with Gasteiger partial charge in [-0.05, 0) is 68.1 Å². The molecule has 47 heavy (non-hydrogen) atoms. The molecule has 8 heteroatoms. The lowest BCUT2D eigenvalue weighted by Gasteiger charge is -2.26. The highest BCUT2D eigenvalue weighted by molar-refractivity contribution is 6.30. The first kappa shape index (κ1) is 32.2. The summed E-state index contributed by atoms with van der Waals surface area (Å²) >= 11 is 6.28. The smallest absolute Gasteiger partial charge is 0.410 e. The van der Waals surface area contributed by atoms with Gasteiger partial charge in [0.25, 0.3) is 0 Å². The minimum atomic E-state index is -0.549. The molecular weight excluding hydrogens is 610 g/mol. The number of rotatable bonds is 9. The monoisotopic (exact) mass is 649 g/mol. The maximum absolute atomic E-state index is 12.9. The first-order chi connectivity index (χ1) is 22.7. The molecule has 5 aromatic rings. The minimum Gasteiger partial charge on any atom is -0.485 e. The fourth-order valence-corrected chi connectivity index (χ4v) is 5.82. The van der Waals surface area contributed by atoms with Gasteiger partial charge < -0.3 is 19.1 Å². The van der Waals surface area contributed by atoms with Crippen molar-refractivity contribution in [2.24, 2.45) is 0 Å². The van der Waals surface area contributed by atoms with Crippen LogP contribution in [0.2, 0.25) is 5.02 Å². The lowest BCUT2D eigenvalue weighted by Crippen LogP contribution is -2.38.